The Kier molecular flexibility index (Phi) is 9.29. The standard InChI is InChI=1S/C32H35Cl2N5O/c1-22-21-38(30-7-2-3-8-30)13-14-39(22)31(20-36-32(40)37-29-17-27(33)16-28(34)18-29)25-11-9-24(10-12-25)26-6-4-5-23(15-26)19-35/h4-6,9-12,15-18,22,30-31H,2-3,7-8,13-14,20-21H2,1H3,(H2,36,37,40)/t22-,31?/m0/s1. The lowest BCUT2D eigenvalue weighted by Crippen LogP contribution is -2.56. The Labute approximate surface area is 246 Å². The van der Waals surface area contributed by atoms with Gasteiger partial charge in [-0.25, -0.2) is 4.79 Å². The number of anilines is 1. The minimum atomic E-state index is -0.300. The van der Waals surface area contributed by atoms with Crippen LogP contribution in [0.3, 0.4) is 0 Å². The number of piperazine rings is 1. The van der Waals surface area contributed by atoms with E-state index in [0.717, 1.165) is 36.3 Å². The fourth-order valence-electron chi connectivity index (χ4n) is 6.15. The Morgan fingerprint density at radius 2 is 1.73 bits per heavy atom. The van der Waals surface area contributed by atoms with Crippen molar-refractivity contribution >= 4 is 34.9 Å². The van der Waals surface area contributed by atoms with E-state index in [1.807, 2.05) is 24.3 Å². The Balaban J connectivity index is 1.33. The minimum absolute atomic E-state index is 0.00826. The summed E-state index contributed by atoms with van der Waals surface area (Å²) < 4.78 is 0. The summed E-state index contributed by atoms with van der Waals surface area (Å²) in [6, 6.07) is 24.1. The van der Waals surface area contributed by atoms with Crippen molar-refractivity contribution in [1.29, 1.82) is 5.26 Å². The van der Waals surface area contributed by atoms with Crippen molar-refractivity contribution in [3.63, 3.8) is 0 Å². The van der Waals surface area contributed by atoms with Crippen LogP contribution in [0.15, 0.2) is 66.7 Å². The number of nitrogens with zero attached hydrogens (tertiary/aromatic N) is 3. The van der Waals surface area contributed by atoms with Crippen molar-refractivity contribution in [3.8, 4) is 17.2 Å². The molecule has 0 radical (unpaired) electrons. The smallest absolute Gasteiger partial charge is 0.319 e. The molecule has 0 spiro atoms. The topological polar surface area (TPSA) is 71.4 Å². The average molecular weight is 577 g/mol. The lowest BCUT2D eigenvalue weighted by molar-refractivity contribution is 0.0289. The third-order valence-corrected chi connectivity index (χ3v) is 8.59. The number of hydrogen-bond acceptors (Lipinski definition) is 4. The second-order valence-corrected chi connectivity index (χ2v) is 11.7. The highest BCUT2D eigenvalue weighted by molar-refractivity contribution is 6.35. The summed E-state index contributed by atoms with van der Waals surface area (Å²) in [4.78, 5) is 18.1. The Hall–Kier alpha value is -3.08. The van der Waals surface area contributed by atoms with E-state index in [1.165, 1.54) is 25.7 Å². The van der Waals surface area contributed by atoms with Crippen molar-refractivity contribution in [3.05, 3.63) is 87.9 Å². The van der Waals surface area contributed by atoms with Gasteiger partial charge in [0.1, 0.15) is 0 Å². The van der Waals surface area contributed by atoms with Crippen molar-refractivity contribution < 1.29 is 4.79 Å². The molecule has 1 aliphatic heterocycles. The number of rotatable bonds is 7. The van der Waals surface area contributed by atoms with Gasteiger partial charge in [0.25, 0.3) is 0 Å². The highest BCUT2D eigenvalue weighted by Crippen LogP contribution is 2.31. The summed E-state index contributed by atoms with van der Waals surface area (Å²) in [5.41, 5.74) is 4.41. The van der Waals surface area contributed by atoms with Crippen molar-refractivity contribution in [2.75, 3.05) is 31.5 Å². The summed E-state index contributed by atoms with van der Waals surface area (Å²) in [7, 11) is 0. The summed E-state index contributed by atoms with van der Waals surface area (Å²) in [6.45, 7) is 5.77. The number of benzene rings is 3. The largest absolute Gasteiger partial charge is 0.336 e. The zero-order valence-corrected chi connectivity index (χ0v) is 24.3. The first-order valence-electron chi connectivity index (χ1n) is 14.0. The molecule has 2 N–H and O–H groups in total. The summed E-state index contributed by atoms with van der Waals surface area (Å²) in [5.74, 6) is 0. The molecule has 2 aliphatic rings. The highest BCUT2D eigenvalue weighted by atomic mass is 35.5. The summed E-state index contributed by atoms with van der Waals surface area (Å²) >= 11 is 12.2. The van der Waals surface area contributed by atoms with Crippen LogP contribution in [0.4, 0.5) is 10.5 Å². The number of nitriles is 1. The van der Waals surface area contributed by atoms with E-state index in [4.69, 9.17) is 23.2 Å². The normalized spacial score (nSPS) is 19.2. The van der Waals surface area contributed by atoms with Gasteiger partial charge in [0.15, 0.2) is 0 Å². The molecule has 2 atom stereocenters. The molecule has 208 valence electrons. The van der Waals surface area contributed by atoms with Crippen LogP contribution in [0.1, 0.15) is 49.8 Å². The Morgan fingerprint density at radius 1 is 1.00 bits per heavy atom. The second kappa shape index (κ2) is 13.1. The van der Waals surface area contributed by atoms with Gasteiger partial charge in [-0.1, -0.05) is 72.4 Å². The molecular weight excluding hydrogens is 541 g/mol. The summed E-state index contributed by atoms with van der Waals surface area (Å²) in [5, 5.41) is 16.2. The Bertz CT molecular complexity index is 1350. The zero-order valence-electron chi connectivity index (χ0n) is 22.7. The van der Waals surface area contributed by atoms with Gasteiger partial charge in [-0.3, -0.25) is 9.80 Å². The maximum atomic E-state index is 12.9. The van der Waals surface area contributed by atoms with Crippen LogP contribution in [0.2, 0.25) is 10.0 Å². The summed E-state index contributed by atoms with van der Waals surface area (Å²) in [6.07, 6.45) is 5.28. The van der Waals surface area contributed by atoms with Gasteiger partial charge in [0, 0.05) is 54.0 Å². The molecule has 0 aromatic heterocycles. The zero-order chi connectivity index (χ0) is 28.1. The highest BCUT2D eigenvalue weighted by Gasteiger charge is 2.34. The van der Waals surface area contributed by atoms with Crippen LogP contribution < -0.4 is 10.6 Å². The molecule has 5 rings (SSSR count). The number of nitrogens with one attached hydrogen (secondary N) is 2. The second-order valence-electron chi connectivity index (χ2n) is 10.8. The lowest BCUT2D eigenvalue weighted by Gasteiger charge is -2.46. The molecular formula is C32H35Cl2N5O. The first-order valence-corrected chi connectivity index (χ1v) is 14.8. The molecule has 3 aromatic rings. The van der Waals surface area contributed by atoms with E-state index < -0.39 is 0 Å². The van der Waals surface area contributed by atoms with Gasteiger partial charge >= 0.3 is 6.03 Å². The van der Waals surface area contributed by atoms with Crippen LogP contribution in [0.5, 0.6) is 0 Å². The number of amides is 2. The number of carbonyl (C=O) groups is 1. The molecule has 3 aromatic carbocycles. The third-order valence-electron chi connectivity index (χ3n) is 8.15. The van der Waals surface area contributed by atoms with Gasteiger partial charge in [0.2, 0.25) is 0 Å². The maximum Gasteiger partial charge on any atom is 0.319 e. The lowest BCUT2D eigenvalue weighted by atomic mass is 9.97. The molecule has 1 unspecified atom stereocenters. The van der Waals surface area contributed by atoms with Crippen LogP contribution >= 0.6 is 23.2 Å². The van der Waals surface area contributed by atoms with Crippen LogP contribution in [-0.4, -0.2) is 54.1 Å². The molecule has 8 heteroatoms. The van der Waals surface area contributed by atoms with Gasteiger partial charge in [-0.05, 0) is 66.8 Å². The van der Waals surface area contributed by atoms with Crippen LogP contribution in [-0.2, 0) is 0 Å². The maximum absolute atomic E-state index is 12.9. The fraction of sp³-hybridized carbons (Fsp3) is 0.375. The number of urea groups is 1. The fourth-order valence-corrected chi connectivity index (χ4v) is 6.67. The molecule has 0 bridgehead atoms. The molecule has 2 amide bonds. The number of halogens is 2. The first kappa shape index (κ1) is 28.4. The molecule has 40 heavy (non-hydrogen) atoms. The van der Waals surface area contributed by atoms with E-state index >= 15 is 0 Å². The molecule has 1 saturated heterocycles. The third kappa shape index (κ3) is 6.97. The van der Waals surface area contributed by atoms with E-state index in [9.17, 15) is 10.1 Å². The monoisotopic (exact) mass is 575 g/mol. The molecule has 1 saturated carbocycles. The number of carbonyl (C=O) groups excluding carboxylic acids is 1. The molecule has 1 aliphatic carbocycles. The van der Waals surface area contributed by atoms with E-state index in [1.54, 1.807) is 18.2 Å². The quantitative estimate of drug-likeness (QED) is 0.309. The predicted octanol–water partition coefficient (Wildman–Crippen LogP) is 7.34. The van der Waals surface area contributed by atoms with Gasteiger partial charge in [-0.15, -0.1) is 0 Å². The van der Waals surface area contributed by atoms with Crippen LogP contribution in [0.25, 0.3) is 11.1 Å². The van der Waals surface area contributed by atoms with E-state index in [0.29, 0.717) is 39.9 Å². The van der Waals surface area contributed by atoms with Crippen LogP contribution in [0, 0.1) is 11.3 Å². The van der Waals surface area contributed by atoms with Gasteiger partial charge in [0.05, 0.1) is 17.7 Å². The molecule has 1 heterocycles. The Morgan fingerprint density at radius 3 is 2.40 bits per heavy atom. The van der Waals surface area contributed by atoms with Gasteiger partial charge < -0.3 is 10.6 Å². The van der Waals surface area contributed by atoms with E-state index in [2.05, 4.69) is 57.7 Å². The van der Waals surface area contributed by atoms with E-state index in [-0.39, 0.29) is 12.1 Å². The predicted molar refractivity (Wildman–Crippen MR) is 163 cm³/mol. The molecule has 2 fully saturated rings. The van der Waals surface area contributed by atoms with Crippen molar-refractivity contribution in [1.82, 2.24) is 15.1 Å². The van der Waals surface area contributed by atoms with Crippen molar-refractivity contribution in [2.24, 2.45) is 0 Å². The average Bonchev–Trinajstić information content (AvgIpc) is 3.49. The minimum Gasteiger partial charge on any atom is -0.336 e. The SMILES string of the molecule is C[C@H]1CN(C2CCCC2)CCN1C(CNC(=O)Nc1cc(Cl)cc(Cl)c1)c1ccc(-c2cccc(C#N)c2)cc1. The molecule has 6 nitrogen and oxygen atoms in total. The first-order chi connectivity index (χ1) is 19.4. The number of hydrogen-bond donors (Lipinski definition) is 2. The van der Waals surface area contributed by atoms with Crippen molar-refractivity contribution in [2.45, 2.75) is 50.7 Å². The van der Waals surface area contributed by atoms with Gasteiger partial charge in [-0.2, -0.15) is 5.26 Å².